The van der Waals surface area contributed by atoms with E-state index in [-0.39, 0.29) is 11.5 Å². The van der Waals surface area contributed by atoms with E-state index >= 15 is 0 Å². The van der Waals surface area contributed by atoms with E-state index in [4.69, 9.17) is 16.7 Å². The van der Waals surface area contributed by atoms with Gasteiger partial charge in [0.05, 0.1) is 11.4 Å². The number of aromatic nitrogens is 5. The quantitative estimate of drug-likeness (QED) is 0.389. The molecule has 1 amide bonds. The lowest BCUT2D eigenvalue weighted by molar-refractivity contribution is -0.124. The number of aryl methyl sites for hydroxylation is 1. The Morgan fingerprint density at radius 3 is 2.37 bits per heavy atom. The number of halogens is 1. The van der Waals surface area contributed by atoms with Crippen LogP contribution >= 0.6 is 11.6 Å². The summed E-state index contributed by atoms with van der Waals surface area (Å²) in [7, 11) is 0. The van der Waals surface area contributed by atoms with Crippen LogP contribution in [-0.4, -0.2) is 30.0 Å². The largest absolute Gasteiger partial charge is 0.350 e. The van der Waals surface area contributed by atoms with Gasteiger partial charge in [-0.1, -0.05) is 41.9 Å². The first kappa shape index (κ1) is 22.6. The predicted molar refractivity (Wildman–Crippen MR) is 135 cm³/mol. The molecule has 0 bridgehead atoms. The van der Waals surface area contributed by atoms with E-state index in [0.29, 0.717) is 34.0 Å². The van der Waals surface area contributed by atoms with Gasteiger partial charge in [-0.3, -0.25) is 9.59 Å². The zero-order chi connectivity index (χ0) is 24.5. The smallest absolute Gasteiger partial charge is 0.280 e. The van der Waals surface area contributed by atoms with Gasteiger partial charge in [0.1, 0.15) is 16.9 Å². The Kier molecular flexibility index (Phi) is 5.96. The molecule has 8 nitrogen and oxygen atoms in total. The van der Waals surface area contributed by atoms with E-state index in [9.17, 15) is 9.59 Å². The van der Waals surface area contributed by atoms with Crippen LogP contribution in [0.4, 0.5) is 0 Å². The molecular formula is C26H23ClN6O2. The van der Waals surface area contributed by atoms with Gasteiger partial charge in [-0.25, -0.2) is 9.36 Å². The van der Waals surface area contributed by atoms with Crippen LogP contribution in [0.15, 0.2) is 83.9 Å². The van der Waals surface area contributed by atoms with Gasteiger partial charge in [-0.2, -0.15) is 10.2 Å². The van der Waals surface area contributed by atoms with Gasteiger partial charge in [0.2, 0.25) is 5.91 Å². The van der Waals surface area contributed by atoms with Gasteiger partial charge < -0.3 is 9.88 Å². The molecule has 1 N–H and O–H groups in total. The molecule has 0 aliphatic heterocycles. The number of benzene rings is 2. The van der Waals surface area contributed by atoms with Gasteiger partial charge in [0.25, 0.3) is 5.56 Å². The summed E-state index contributed by atoms with van der Waals surface area (Å²) in [5.41, 5.74) is 2.38. The highest BCUT2D eigenvalue weighted by Crippen LogP contribution is 2.25. The van der Waals surface area contributed by atoms with Gasteiger partial charge >= 0.3 is 0 Å². The molecule has 0 aliphatic rings. The van der Waals surface area contributed by atoms with Crippen LogP contribution in [0.25, 0.3) is 22.4 Å². The number of amides is 1. The first-order valence-corrected chi connectivity index (χ1v) is 11.5. The van der Waals surface area contributed by atoms with E-state index in [1.54, 1.807) is 30.7 Å². The monoisotopic (exact) mass is 486 g/mol. The Morgan fingerprint density at radius 2 is 1.69 bits per heavy atom. The van der Waals surface area contributed by atoms with Gasteiger partial charge in [-0.05, 0) is 55.8 Å². The van der Waals surface area contributed by atoms with Crippen LogP contribution in [0.3, 0.4) is 0 Å². The number of nitrogens with one attached hydrogen (secondary N) is 1. The van der Waals surface area contributed by atoms with Crippen molar-refractivity contribution in [1.29, 1.82) is 0 Å². The second-order valence-corrected chi connectivity index (χ2v) is 8.68. The second-order valence-electron chi connectivity index (χ2n) is 8.24. The minimum absolute atomic E-state index is 0.314. The lowest BCUT2D eigenvalue weighted by Gasteiger charge is -2.15. The van der Waals surface area contributed by atoms with Crippen molar-refractivity contribution in [3.05, 3.63) is 106 Å². The minimum atomic E-state index is -0.824. The number of carbonyl (C=O) groups is 1. The van der Waals surface area contributed by atoms with Crippen molar-refractivity contribution >= 4 is 28.4 Å². The van der Waals surface area contributed by atoms with Crippen molar-refractivity contribution in [3.8, 4) is 11.5 Å². The average Bonchev–Trinajstić information content (AvgIpc) is 3.54. The zero-order valence-electron chi connectivity index (χ0n) is 19.2. The summed E-state index contributed by atoms with van der Waals surface area (Å²) < 4.78 is 4.81. The highest BCUT2D eigenvalue weighted by Gasteiger charge is 2.25. The van der Waals surface area contributed by atoms with Crippen LogP contribution in [0.1, 0.15) is 24.2 Å². The summed E-state index contributed by atoms with van der Waals surface area (Å²) in [6, 6.07) is 19.8. The van der Waals surface area contributed by atoms with Crippen molar-refractivity contribution in [2.45, 2.75) is 26.4 Å². The molecule has 1 atom stereocenters. The highest BCUT2D eigenvalue weighted by molar-refractivity contribution is 6.30. The van der Waals surface area contributed by atoms with E-state index in [1.165, 1.54) is 4.68 Å². The second kappa shape index (κ2) is 9.23. The zero-order valence-corrected chi connectivity index (χ0v) is 20.0. The predicted octanol–water partition coefficient (Wildman–Crippen LogP) is 4.21. The third-order valence-corrected chi connectivity index (χ3v) is 6.11. The Labute approximate surface area is 206 Å². The van der Waals surface area contributed by atoms with Crippen LogP contribution in [0, 0.1) is 6.92 Å². The summed E-state index contributed by atoms with van der Waals surface area (Å²) in [5, 5.41) is 13.1. The third-order valence-electron chi connectivity index (χ3n) is 5.86. The Bertz CT molecular complexity index is 1550. The molecule has 35 heavy (non-hydrogen) atoms. The summed E-state index contributed by atoms with van der Waals surface area (Å²) >= 11 is 5.93. The van der Waals surface area contributed by atoms with Crippen molar-refractivity contribution < 1.29 is 4.79 Å². The maximum Gasteiger partial charge on any atom is 0.280 e. The summed E-state index contributed by atoms with van der Waals surface area (Å²) in [6.45, 7) is 3.77. The van der Waals surface area contributed by atoms with Crippen molar-refractivity contribution in [3.63, 3.8) is 0 Å². The highest BCUT2D eigenvalue weighted by atomic mass is 35.5. The van der Waals surface area contributed by atoms with Crippen LogP contribution in [0.5, 0.6) is 0 Å². The van der Waals surface area contributed by atoms with E-state index in [1.807, 2.05) is 71.6 Å². The van der Waals surface area contributed by atoms with E-state index in [2.05, 4.69) is 10.4 Å². The van der Waals surface area contributed by atoms with Crippen LogP contribution in [-0.2, 0) is 11.3 Å². The fraction of sp³-hybridized carbons (Fsp3) is 0.154. The molecule has 0 spiro atoms. The number of fused-ring (bicyclic) bond motifs is 1. The molecule has 5 rings (SSSR count). The van der Waals surface area contributed by atoms with E-state index in [0.717, 1.165) is 11.3 Å². The molecule has 1 unspecified atom stereocenters. The van der Waals surface area contributed by atoms with Crippen molar-refractivity contribution in [2.75, 3.05) is 0 Å². The van der Waals surface area contributed by atoms with Gasteiger partial charge in [0, 0.05) is 24.0 Å². The minimum Gasteiger partial charge on any atom is -0.350 e. The van der Waals surface area contributed by atoms with Crippen LogP contribution in [0.2, 0.25) is 5.02 Å². The molecule has 2 aromatic carbocycles. The fourth-order valence-corrected chi connectivity index (χ4v) is 4.13. The average molecular weight is 487 g/mol. The molecule has 3 heterocycles. The molecule has 9 heteroatoms. The molecule has 5 aromatic rings. The van der Waals surface area contributed by atoms with E-state index < -0.39 is 6.04 Å². The maximum absolute atomic E-state index is 13.7. The maximum atomic E-state index is 13.7. The van der Waals surface area contributed by atoms with Crippen molar-refractivity contribution in [2.24, 2.45) is 0 Å². The lowest BCUT2D eigenvalue weighted by Crippen LogP contribution is -2.37. The number of para-hydroxylation sites is 1. The first-order valence-electron chi connectivity index (χ1n) is 11.2. The number of rotatable bonds is 6. The molecular weight excluding hydrogens is 464 g/mol. The lowest BCUT2D eigenvalue weighted by atomic mass is 10.2. The first-order chi connectivity index (χ1) is 16.9. The molecule has 0 saturated heterocycles. The number of hydrogen-bond acceptors (Lipinski definition) is 4. The normalized spacial score (nSPS) is 12.1. The molecule has 3 aromatic heterocycles. The Balaban J connectivity index is 1.58. The van der Waals surface area contributed by atoms with Gasteiger partial charge in [-0.15, -0.1) is 0 Å². The molecule has 176 valence electrons. The Morgan fingerprint density at radius 1 is 1.00 bits per heavy atom. The fourth-order valence-electron chi connectivity index (χ4n) is 4.00. The molecule has 0 aliphatic carbocycles. The molecule has 0 fully saturated rings. The molecule has 0 saturated carbocycles. The third kappa shape index (κ3) is 4.24. The van der Waals surface area contributed by atoms with Gasteiger partial charge in [0.15, 0.2) is 5.82 Å². The SMILES string of the molecule is Cc1nn(C(C)C(=O)NCc2ccc(Cl)cc2)c(=O)c2c(-n3cccc3)n(-c3ccccc3)nc12. The number of hydrogen-bond donors (Lipinski definition) is 1. The van der Waals surface area contributed by atoms with Crippen molar-refractivity contribution in [1.82, 2.24) is 29.4 Å². The number of carbonyl (C=O) groups excluding carboxylic acids is 1. The topological polar surface area (TPSA) is 86.7 Å². The number of nitrogens with zero attached hydrogens (tertiary/aromatic N) is 5. The summed E-state index contributed by atoms with van der Waals surface area (Å²) in [6.07, 6.45) is 3.72. The van der Waals surface area contributed by atoms with Crippen LogP contribution < -0.4 is 10.9 Å². The molecule has 0 radical (unpaired) electrons. The summed E-state index contributed by atoms with van der Waals surface area (Å²) in [5.74, 6) is 0.278. The standard InChI is InChI=1S/C26H23ClN6O2/c1-17-23-22(25(31-14-6-7-15-31)33(30-23)21-8-4-3-5-9-21)26(35)32(29-17)18(2)24(34)28-16-19-10-12-20(27)13-11-19/h3-15,18H,16H2,1-2H3,(H,28,34). The summed E-state index contributed by atoms with van der Waals surface area (Å²) in [4.78, 5) is 26.7. The Hall–Kier alpha value is -4.17.